The number of ether oxygens (including phenoxy) is 1. The van der Waals surface area contributed by atoms with Crippen LogP contribution in [0.1, 0.15) is 23.7 Å². The summed E-state index contributed by atoms with van der Waals surface area (Å²) in [6.45, 7) is 0.554. The fraction of sp³-hybridized carbons (Fsp3) is 0.176. The maximum absolute atomic E-state index is 11.7. The van der Waals surface area contributed by atoms with Gasteiger partial charge >= 0.3 is 6.09 Å². The zero-order chi connectivity index (χ0) is 14.5. The summed E-state index contributed by atoms with van der Waals surface area (Å²) in [6, 6.07) is 19.7. The Morgan fingerprint density at radius 2 is 1.71 bits per heavy atom. The Balaban J connectivity index is 1.73. The minimum absolute atomic E-state index is 0.269. The van der Waals surface area contributed by atoms with Crippen LogP contribution in [0.15, 0.2) is 65.7 Å². The zero-order valence-corrected chi connectivity index (χ0v) is 11.5. The molecule has 1 atom stereocenters. The molecule has 0 aliphatic carbocycles. The van der Waals surface area contributed by atoms with Gasteiger partial charge in [-0.1, -0.05) is 60.7 Å². The summed E-state index contributed by atoms with van der Waals surface area (Å²) >= 11 is 0. The third kappa shape index (κ3) is 3.48. The number of rotatable bonds is 3. The van der Waals surface area contributed by atoms with Crippen LogP contribution in [0.2, 0.25) is 0 Å². The summed E-state index contributed by atoms with van der Waals surface area (Å²) in [5.41, 5.74) is 2.10. The Hall–Kier alpha value is -2.62. The Bertz CT molecular complexity index is 638. The molecule has 0 bridgehead atoms. The van der Waals surface area contributed by atoms with Crippen molar-refractivity contribution in [2.75, 3.05) is 0 Å². The predicted octanol–water partition coefficient (Wildman–Crippen LogP) is 3.46. The third-order valence-electron chi connectivity index (χ3n) is 3.34. The number of amides is 1. The van der Waals surface area contributed by atoms with Crippen molar-refractivity contribution in [2.24, 2.45) is 4.99 Å². The Kier molecular flexibility index (Phi) is 3.96. The largest absolute Gasteiger partial charge is 0.441 e. The minimum Gasteiger partial charge on any atom is -0.441 e. The first kappa shape index (κ1) is 13.4. The van der Waals surface area contributed by atoms with Gasteiger partial charge in [0.1, 0.15) is 11.9 Å². The number of hydrogen-bond acceptors (Lipinski definition) is 3. The van der Waals surface area contributed by atoms with Gasteiger partial charge in [-0.25, -0.2) is 4.79 Å². The highest BCUT2D eigenvalue weighted by atomic mass is 16.6. The fourth-order valence-corrected chi connectivity index (χ4v) is 2.27. The average molecular weight is 280 g/mol. The molecule has 2 aromatic carbocycles. The standard InChI is InChI=1S/C17H16N2O2/c20-17-19-16(18-12-13-7-3-1-4-8-13)11-15(21-17)14-9-5-2-6-10-14/h1-10,15H,11-12H2,(H,18,19,20). The first-order valence-electron chi connectivity index (χ1n) is 6.91. The number of benzene rings is 2. The van der Waals surface area contributed by atoms with E-state index in [4.69, 9.17) is 4.74 Å². The van der Waals surface area contributed by atoms with Crippen molar-refractivity contribution in [3.63, 3.8) is 0 Å². The van der Waals surface area contributed by atoms with Crippen molar-refractivity contribution >= 4 is 11.9 Å². The van der Waals surface area contributed by atoms with E-state index in [1.807, 2.05) is 60.7 Å². The molecule has 1 aliphatic heterocycles. The quantitative estimate of drug-likeness (QED) is 0.936. The molecule has 1 N–H and O–H groups in total. The minimum atomic E-state index is -0.443. The molecule has 1 heterocycles. The van der Waals surface area contributed by atoms with Crippen LogP contribution in [0.3, 0.4) is 0 Å². The molecule has 0 saturated carbocycles. The van der Waals surface area contributed by atoms with Crippen LogP contribution < -0.4 is 5.32 Å². The second kappa shape index (κ2) is 6.22. The smallest absolute Gasteiger partial charge is 0.413 e. The molecule has 106 valence electrons. The molecule has 4 nitrogen and oxygen atoms in total. The molecule has 1 saturated heterocycles. The van der Waals surface area contributed by atoms with E-state index in [9.17, 15) is 4.79 Å². The maximum Gasteiger partial charge on any atom is 0.413 e. The second-order valence-corrected chi connectivity index (χ2v) is 4.88. The zero-order valence-electron chi connectivity index (χ0n) is 11.5. The molecule has 1 aliphatic rings. The number of aliphatic imine (C=N–C) groups is 1. The molecule has 0 spiro atoms. The molecule has 4 heteroatoms. The van der Waals surface area contributed by atoms with E-state index >= 15 is 0 Å². The Morgan fingerprint density at radius 1 is 1.05 bits per heavy atom. The summed E-state index contributed by atoms with van der Waals surface area (Å²) in [5, 5.41) is 2.68. The van der Waals surface area contributed by atoms with Gasteiger partial charge in [-0.2, -0.15) is 0 Å². The highest BCUT2D eigenvalue weighted by molar-refractivity contribution is 5.97. The molecule has 1 unspecified atom stereocenters. The van der Waals surface area contributed by atoms with Crippen LogP contribution in [0.25, 0.3) is 0 Å². The molecule has 21 heavy (non-hydrogen) atoms. The number of hydrogen-bond donors (Lipinski definition) is 1. The highest BCUT2D eigenvalue weighted by Gasteiger charge is 2.25. The number of nitrogens with one attached hydrogen (secondary N) is 1. The molecular weight excluding hydrogens is 264 g/mol. The van der Waals surface area contributed by atoms with Gasteiger partial charge in [0.25, 0.3) is 0 Å². The third-order valence-corrected chi connectivity index (χ3v) is 3.34. The van der Waals surface area contributed by atoms with Crippen LogP contribution in [-0.2, 0) is 11.3 Å². The van der Waals surface area contributed by atoms with E-state index in [1.54, 1.807) is 0 Å². The summed E-state index contributed by atoms with van der Waals surface area (Å²) < 4.78 is 5.32. The van der Waals surface area contributed by atoms with E-state index in [2.05, 4.69) is 10.3 Å². The number of amidine groups is 1. The lowest BCUT2D eigenvalue weighted by Gasteiger charge is -2.24. The normalized spacial score (nSPS) is 19.9. The fourth-order valence-electron chi connectivity index (χ4n) is 2.27. The maximum atomic E-state index is 11.7. The van der Waals surface area contributed by atoms with Crippen molar-refractivity contribution in [3.05, 3.63) is 71.8 Å². The number of nitrogens with zero attached hydrogens (tertiary/aromatic N) is 1. The average Bonchev–Trinajstić information content (AvgIpc) is 2.54. The van der Waals surface area contributed by atoms with Gasteiger partial charge in [0, 0.05) is 6.42 Å². The van der Waals surface area contributed by atoms with Crippen LogP contribution >= 0.6 is 0 Å². The lowest BCUT2D eigenvalue weighted by Crippen LogP contribution is -2.39. The van der Waals surface area contributed by atoms with Gasteiger partial charge in [-0.15, -0.1) is 0 Å². The van der Waals surface area contributed by atoms with Crippen LogP contribution in [0.4, 0.5) is 4.79 Å². The van der Waals surface area contributed by atoms with Crippen molar-refractivity contribution < 1.29 is 9.53 Å². The topological polar surface area (TPSA) is 50.7 Å². The van der Waals surface area contributed by atoms with Gasteiger partial charge in [-0.3, -0.25) is 10.3 Å². The molecule has 1 fully saturated rings. The lowest BCUT2D eigenvalue weighted by molar-refractivity contribution is 0.0959. The molecule has 3 rings (SSSR count). The van der Waals surface area contributed by atoms with Gasteiger partial charge in [-0.05, 0) is 11.1 Å². The molecule has 2 aromatic rings. The first-order valence-corrected chi connectivity index (χ1v) is 6.91. The summed E-state index contributed by atoms with van der Waals surface area (Å²) in [7, 11) is 0. The van der Waals surface area contributed by atoms with Gasteiger partial charge in [0.15, 0.2) is 0 Å². The van der Waals surface area contributed by atoms with Gasteiger partial charge in [0.05, 0.1) is 6.54 Å². The predicted molar refractivity (Wildman–Crippen MR) is 81.0 cm³/mol. The van der Waals surface area contributed by atoms with Gasteiger partial charge < -0.3 is 4.74 Å². The SMILES string of the molecule is O=C1NC(=NCc2ccccc2)CC(c2ccccc2)O1. The monoisotopic (exact) mass is 280 g/mol. The lowest BCUT2D eigenvalue weighted by atomic mass is 10.1. The second-order valence-electron chi connectivity index (χ2n) is 4.88. The summed E-state index contributed by atoms with van der Waals surface area (Å²) in [4.78, 5) is 16.1. The summed E-state index contributed by atoms with van der Waals surface area (Å²) in [6.07, 6.45) is -0.140. The van der Waals surface area contributed by atoms with Crippen molar-refractivity contribution in [1.82, 2.24) is 5.32 Å². The first-order chi connectivity index (χ1) is 10.3. The van der Waals surface area contributed by atoms with E-state index in [1.165, 1.54) is 0 Å². The number of carbonyl (C=O) groups excluding carboxylic acids is 1. The Morgan fingerprint density at radius 3 is 2.43 bits per heavy atom. The number of alkyl carbamates (subject to hydrolysis) is 1. The molecule has 0 radical (unpaired) electrons. The number of cyclic esters (lactones) is 1. The van der Waals surface area contributed by atoms with Crippen molar-refractivity contribution in [1.29, 1.82) is 0 Å². The highest BCUT2D eigenvalue weighted by Crippen LogP contribution is 2.24. The molecule has 1 amide bonds. The van der Waals surface area contributed by atoms with Gasteiger partial charge in [0.2, 0.25) is 0 Å². The molecular formula is C17H16N2O2. The Labute approximate surface area is 123 Å². The van der Waals surface area contributed by atoms with E-state index in [0.29, 0.717) is 18.8 Å². The molecule has 0 aromatic heterocycles. The van der Waals surface area contributed by atoms with Crippen molar-refractivity contribution in [2.45, 2.75) is 19.1 Å². The van der Waals surface area contributed by atoms with Crippen LogP contribution in [-0.4, -0.2) is 11.9 Å². The number of carbonyl (C=O) groups is 1. The summed E-state index contributed by atoms with van der Waals surface area (Å²) in [5.74, 6) is 0.670. The van der Waals surface area contributed by atoms with E-state index < -0.39 is 6.09 Å². The van der Waals surface area contributed by atoms with Crippen LogP contribution in [0, 0.1) is 0 Å². The van der Waals surface area contributed by atoms with E-state index in [0.717, 1.165) is 11.1 Å². The van der Waals surface area contributed by atoms with Crippen molar-refractivity contribution in [3.8, 4) is 0 Å². The van der Waals surface area contributed by atoms with E-state index in [-0.39, 0.29) is 6.10 Å². The van der Waals surface area contributed by atoms with Crippen LogP contribution in [0.5, 0.6) is 0 Å².